The Bertz CT molecular complexity index is 733. The summed E-state index contributed by atoms with van der Waals surface area (Å²) in [6.07, 6.45) is 0. The molecular weight excluding hydrogens is 279 g/mol. The summed E-state index contributed by atoms with van der Waals surface area (Å²) < 4.78 is 18.5. The standard InChI is InChI=1S/C13H11FN4O3/c1-7-4-8(13(15)16)5-12(17-7)21-11-6-9(14)2-3-10(11)18(19)20/h2-6H,1H3,(H3,15,16). The third-order valence-corrected chi connectivity index (χ3v) is 2.57. The number of nitrogen functional groups attached to an aromatic ring is 1. The van der Waals surface area contributed by atoms with Gasteiger partial charge in [-0.2, -0.15) is 0 Å². The first kappa shape index (κ1) is 14.4. The lowest BCUT2D eigenvalue weighted by molar-refractivity contribution is -0.385. The monoisotopic (exact) mass is 290 g/mol. The third kappa shape index (κ3) is 3.30. The van der Waals surface area contributed by atoms with E-state index in [9.17, 15) is 14.5 Å². The predicted molar refractivity (Wildman–Crippen MR) is 73.1 cm³/mol. The van der Waals surface area contributed by atoms with E-state index in [0.29, 0.717) is 11.3 Å². The molecule has 108 valence electrons. The molecule has 0 aliphatic carbocycles. The number of benzene rings is 1. The molecule has 0 saturated heterocycles. The number of aryl methyl sites for hydroxylation is 1. The Morgan fingerprint density at radius 3 is 2.76 bits per heavy atom. The van der Waals surface area contributed by atoms with E-state index in [0.717, 1.165) is 18.2 Å². The lowest BCUT2D eigenvalue weighted by Crippen LogP contribution is -2.11. The number of aromatic nitrogens is 1. The quantitative estimate of drug-likeness (QED) is 0.388. The topological polar surface area (TPSA) is 115 Å². The van der Waals surface area contributed by atoms with E-state index in [1.165, 1.54) is 6.07 Å². The van der Waals surface area contributed by atoms with Crippen LogP contribution < -0.4 is 10.5 Å². The molecule has 0 atom stereocenters. The zero-order valence-corrected chi connectivity index (χ0v) is 11.0. The molecule has 2 aromatic rings. The molecule has 0 spiro atoms. The van der Waals surface area contributed by atoms with Gasteiger partial charge in [-0.25, -0.2) is 9.37 Å². The van der Waals surface area contributed by atoms with Gasteiger partial charge in [-0.3, -0.25) is 15.5 Å². The number of pyridine rings is 1. The summed E-state index contributed by atoms with van der Waals surface area (Å²) in [5.41, 5.74) is 5.86. The molecular formula is C13H11FN4O3. The summed E-state index contributed by atoms with van der Waals surface area (Å²) in [5.74, 6) is -1.14. The van der Waals surface area contributed by atoms with Gasteiger partial charge in [0.15, 0.2) is 0 Å². The summed E-state index contributed by atoms with van der Waals surface area (Å²) >= 11 is 0. The number of nitrogens with two attached hydrogens (primary N) is 1. The SMILES string of the molecule is Cc1cc(C(=N)N)cc(Oc2cc(F)ccc2[N+](=O)[O-])n1. The van der Waals surface area contributed by atoms with E-state index in [2.05, 4.69) is 4.98 Å². The molecule has 0 amide bonds. The number of hydrogen-bond donors (Lipinski definition) is 2. The van der Waals surface area contributed by atoms with Crippen LogP contribution in [0.15, 0.2) is 30.3 Å². The Balaban J connectivity index is 2.45. The number of nitrogens with zero attached hydrogens (tertiary/aromatic N) is 2. The Kier molecular flexibility index (Phi) is 3.79. The molecule has 0 unspecified atom stereocenters. The fraction of sp³-hybridized carbons (Fsp3) is 0.0769. The minimum absolute atomic E-state index is 0.00565. The molecule has 1 heterocycles. The van der Waals surface area contributed by atoms with Crippen molar-refractivity contribution in [3.05, 3.63) is 57.5 Å². The molecule has 0 aliphatic heterocycles. The van der Waals surface area contributed by atoms with Crippen LogP contribution in [0.4, 0.5) is 10.1 Å². The number of nitrogens with one attached hydrogen (secondary N) is 1. The van der Waals surface area contributed by atoms with Gasteiger partial charge in [-0.1, -0.05) is 0 Å². The predicted octanol–water partition coefficient (Wildman–Crippen LogP) is 2.51. The van der Waals surface area contributed by atoms with Gasteiger partial charge in [0.2, 0.25) is 11.6 Å². The number of amidine groups is 1. The number of hydrogen-bond acceptors (Lipinski definition) is 5. The number of rotatable bonds is 4. The summed E-state index contributed by atoms with van der Waals surface area (Å²) in [6.45, 7) is 1.65. The van der Waals surface area contributed by atoms with Gasteiger partial charge >= 0.3 is 5.69 Å². The van der Waals surface area contributed by atoms with Gasteiger partial charge in [0.1, 0.15) is 11.7 Å². The molecule has 1 aromatic heterocycles. The lowest BCUT2D eigenvalue weighted by Gasteiger charge is -2.08. The molecule has 1 aromatic carbocycles. The van der Waals surface area contributed by atoms with Gasteiger partial charge in [0.05, 0.1) is 4.92 Å². The molecule has 0 saturated carbocycles. The van der Waals surface area contributed by atoms with Crippen molar-refractivity contribution in [3.63, 3.8) is 0 Å². The third-order valence-electron chi connectivity index (χ3n) is 2.57. The zero-order valence-electron chi connectivity index (χ0n) is 11.0. The Morgan fingerprint density at radius 2 is 2.14 bits per heavy atom. The van der Waals surface area contributed by atoms with Crippen molar-refractivity contribution in [2.24, 2.45) is 5.73 Å². The molecule has 0 bridgehead atoms. The van der Waals surface area contributed by atoms with E-state index in [4.69, 9.17) is 15.9 Å². The van der Waals surface area contributed by atoms with E-state index in [-0.39, 0.29) is 23.2 Å². The molecule has 7 nitrogen and oxygen atoms in total. The second-order valence-corrected chi connectivity index (χ2v) is 4.22. The first-order chi connectivity index (χ1) is 9.86. The molecule has 0 aliphatic rings. The van der Waals surface area contributed by atoms with E-state index in [1.807, 2.05) is 0 Å². The minimum atomic E-state index is -0.684. The zero-order chi connectivity index (χ0) is 15.6. The smallest absolute Gasteiger partial charge is 0.311 e. The van der Waals surface area contributed by atoms with E-state index >= 15 is 0 Å². The van der Waals surface area contributed by atoms with Gasteiger partial charge < -0.3 is 10.5 Å². The average molecular weight is 290 g/mol. The molecule has 21 heavy (non-hydrogen) atoms. The highest BCUT2D eigenvalue weighted by molar-refractivity contribution is 5.95. The van der Waals surface area contributed by atoms with Crippen molar-refractivity contribution < 1.29 is 14.1 Å². The van der Waals surface area contributed by atoms with Crippen molar-refractivity contribution in [3.8, 4) is 11.6 Å². The largest absolute Gasteiger partial charge is 0.432 e. The normalized spacial score (nSPS) is 10.2. The van der Waals surface area contributed by atoms with Crippen LogP contribution in [0.1, 0.15) is 11.3 Å². The van der Waals surface area contributed by atoms with Crippen LogP contribution in [0.25, 0.3) is 0 Å². The van der Waals surface area contributed by atoms with Crippen molar-refractivity contribution in [2.45, 2.75) is 6.92 Å². The van der Waals surface area contributed by atoms with Crippen LogP contribution in [0, 0.1) is 28.3 Å². The summed E-state index contributed by atoms with van der Waals surface area (Å²) in [6, 6.07) is 5.79. The second kappa shape index (κ2) is 5.53. The van der Waals surface area contributed by atoms with E-state index < -0.39 is 10.7 Å². The van der Waals surface area contributed by atoms with E-state index in [1.54, 1.807) is 13.0 Å². The number of nitro benzene ring substituents is 1. The first-order valence-electron chi connectivity index (χ1n) is 5.81. The van der Waals surface area contributed by atoms with Gasteiger partial charge in [-0.05, 0) is 19.1 Å². The van der Waals surface area contributed by atoms with Crippen molar-refractivity contribution in [2.75, 3.05) is 0 Å². The van der Waals surface area contributed by atoms with Crippen molar-refractivity contribution in [1.82, 2.24) is 4.98 Å². The van der Waals surface area contributed by atoms with Crippen LogP contribution in [0.2, 0.25) is 0 Å². The number of halogens is 1. The Morgan fingerprint density at radius 1 is 1.43 bits per heavy atom. The second-order valence-electron chi connectivity index (χ2n) is 4.22. The number of ether oxygens (including phenoxy) is 1. The summed E-state index contributed by atoms with van der Waals surface area (Å²) in [4.78, 5) is 14.2. The van der Waals surface area contributed by atoms with Crippen molar-refractivity contribution in [1.29, 1.82) is 5.41 Å². The highest BCUT2D eigenvalue weighted by atomic mass is 19.1. The van der Waals surface area contributed by atoms with Crippen LogP contribution in [-0.4, -0.2) is 15.7 Å². The van der Waals surface area contributed by atoms with Crippen LogP contribution in [-0.2, 0) is 0 Å². The molecule has 8 heteroatoms. The Labute approximate surface area is 118 Å². The van der Waals surface area contributed by atoms with Gasteiger partial charge in [0, 0.05) is 29.5 Å². The Hall–Kier alpha value is -3.03. The highest BCUT2D eigenvalue weighted by Crippen LogP contribution is 2.31. The van der Waals surface area contributed by atoms with Crippen LogP contribution >= 0.6 is 0 Å². The maximum absolute atomic E-state index is 13.2. The maximum Gasteiger partial charge on any atom is 0.311 e. The molecule has 2 rings (SSSR count). The summed E-state index contributed by atoms with van der Waals surface area (Å²) in [7, 11) is 0. The fourth-order valence-electron chi connectivity index (χ4n) is 1.68. The average Bonchev–Trinajstić information content (AvgIpc) is 2.37. The lowest BCUT2D eigenvalue weighted by atomic mass is 10.2. The maximum atomic E-state index is 13.2. The summed E-state index contributed by atoms with van der Waals surface area (Å²) in [5, 5.41) is 18.3. The van der Waals surface area contributed by atoms with Gasteiger partial charge in [-0.15, -0.1) is 0 Å². The molecule has 0 fully saturated rings. The van der Waals surface area contributed by atoms with Crippen LogP contribution in [0.5, 0.6) is 11.6 Å². The fourth-order valence-corrected chi connectivity index (χ4v) is 1.68. The van der Waals surface area contributed by atoms with Gasteiger partial charge in [0.25, 0.3) is 0 Å². The molecule has 3 N–H and O–H groups in total. The number of nitro groups is 1. The van der Waals surface area contributed by atoms with Crippen molar-refractivity contribution >= 4 is 11.5 Å². The molecule has 0 radical (unpaired) electrons. The highest BCUT2D eigenvalue weighted by Gasteiger charge is 2.17. The first-order valence-corrected chi connectivity index (χ1v) is 5.81. The minimum Gasteiger partial charge on any atom is -0.432 e. The van der Waals surface area contributed by atoms with Crippen LogP contribution in [0.3, 0.4) is 0 Å².